The maximum atomic E-state index is 12.8. The highest BCUT2D eigenvalue weighted by molar-refractivity contribution is 7.89. The van der Waals surface area contributed by atoms with Crippen LogP contribution >= 0.6 is 0 Å². The van der Waals surface area contributed by atoms with Gasteiger partial charge in [0.25, 0.3) is 0 Å². The minimum atomic E-state index is -3.57. The smallest absolute Gasteiger partial charge is 0.342 e. The minimum absolute atomic E-state index is 0.00382. The number of imidazole rings is 1. The first-order chi connectivity index (χ1) is 15.1. The van der Waals surface area contributed by atoms with E-state index in [1.807, 2.05) is 30.5 Å². The summed E-state index contributed by atoms with van der Waals surface area (Å²) in [4.78, 5) is 17.6. The van der Waals surface area contributed by atoms with Crippen molar-refractivity contribution in [2.24, 2.45) is 0 Å². The van der Waals surface area contributed by atoms with E-state index in [0.29, 0.717) is 29.2 Å². The van der Waals surface area contributed by atoms with Crippen molar-refractivity contribution in [2.45, 2.75) is 50.8 Å². The zero-order valence-corrected chi connectivity index (χ0v) is 19.6. The lowest BCUT2D eigenvalue weighted by atomic mass is 9.97. The van der Waals surface area contributed by atoms with E-state index in [4.69, 9.17) is 9.47 Å². The number of hydrogen-bond acceptors (Lipinski definition) is 6. The van der Waals surface area contributed by atoms with Gasteiger partial charge in [0.2, 0.25) is 10.0 Å². The van der Waals surface area contributed by atoms with Crippen LogP contribution in [0.2, 0.25) is 0 Å². The summed E-state index contributed by atoms with van der Waals surface area (Å²) < 4.78 is 39.5. The van der Waals surface area contributed by atoms with Crippen LogP contribution in [0.4, 0.5) is 0 Å². The van der Waals surface area contributed by atoms with Crippen LogP contribution in [0.15, 0.2) is 41.3 Å². The van der Waals surface area contributed by atoms with Gasteiger partial charge in [-0.3, -0.25) is 0 Å². The number of carbonyl (C=O) groups is 1. The quantitative estimate of drug-likeness (QED) is 0.526. The number of aryl methyl sites for hydroxylation is 1. The van der Waals surface area contributed by atoms with E-state index in [0.717, 1.165) is 15.4 Å². The molecule has 0 saturated carbocycles. The van der Waals surface area contributed by atoms with Gasteiger partial charge in [-0.05, 0) is 38.1 Å². The van der Waals surface area contributed by atoms with Gasteiger partial charge in [-0.25, -0.2) is 22.5 Å². The number of para-hydroxylation sites is 1. The maximum Gasteiger partial charge on any atom is 0.342 e. The number of benzene rings is 2. The molecule has 0 saturated heterocycles. The Kier molecular flexibility index (Phi) is 5.72. The van der Waals surface area contributed by atoms with Gasteiger partial charge in [0.1, 0.15) is 29.8 Å². The van der Waals surface area contributed by atoms with Crippen LogP contribution in [0.5, 0.6) is 5.75 Å². The van der Waals surface area contributed by atoms with Crippen molar-refractivity contribution >= 4 is 27.0 Å². The first-order valence-corrected chi connectivity index (χ1v) is 12.0. The number of esters is 1. The Hall–Kier alpha value is -2.91. The highest BCUT2D eigenvalue weighted by Crippen LogP contribution is 2.40. The van der Waals surface area contributed by atoms with Crippen molar-refractivity contribution in [1.82, 2.24) is 13.9 Å². The highest BCUT2D eigenvalue weighted by atomic mass is 32.2. The monoisotopic (exact) mass is 457 g/mol. The molecule has 0 N–H and O–H groups in total. The number of sulfonamides is 1. The fraction of sp³-hybridized carbons (Fsp3) is 0.391. The van der Waals surface area contributed by atoms with Crippen LogP contribution in [0.3, 0.4) is 0 Å². The van der Waals surface area contributed by atoms with Crippen molar-refractivity contribution in [3.63, 3.8) is 0 Å². The van der Waals surface area contributed by atoms with Crippen LogP contribution in [0, 0.1) is 0 Å². The summed E-state index contributed by atoms with van der Waals surface area (Å²) in [5.41, 5.74) is 2.72. The van der Waals surface area contributed by atoms with Crippen LogP contribution in [0.1, 0.15) is 48.4 Å². The average molecular weight is 458 g/mol. The number of nitrogens with zero attached hydrogens (tertiary/aromatic N) is 3. The third kappa shape index (κ3) is 3.65. The fourth-order valence-electron chi connectivity index (χ4n) is 3.95. The molecule has 3 aromatic rings. The van der Waals surface area contributed by atoms with Gasteiger partial charge in [-0.2, -0.15) is 0 Å². The Morgan fingerprint density at radius 1 is 1.22 bits per heavy atom. The van der Waals surface area contributed by atoms with Gasteiger partial charge < -0.3 is 14.0 Å². The summed E-state index contributed by atoms with van der Waals surface area (Å²) in [5.74, 6) is 0.855. The molecule has 0 aliphatic carbocycles. The lowest BCUT2D eigenvalue weighted by molar-refractivity contribution is 0.0453. The second-order valence-corrected chi connectivity index (χ2v) is 10.3. The van der Waals surface area contributed by atoms with Gasteiger partial charge in [0.05, 0.1) is 15.9 Å². The highest BCUT2D eigenvalue weighted by Gasteiger charge is 2.31. The van der Waals surface area contributed by atoms with Gasteiger partial charge >= 0.3 is 5.97 Å². The molecule has 170 valence electrons. The van der Waals surface area contributed by atoms with Crippen LogP contribution in [-0.4, -0.2) is 48.4 Å². The molecule has 0 fully saturated rings. The van der Waals surface area contributed by atoms with Crippen molar-refractivity contribution in [3.05, 3.63) is 53.3 Å². The Balaban J connectivity index is 1.61. The molecule has 0 amide bonds. The normalized spacial score (nSPS) is 18.1. The number of ether oxygens (including phenoxy) is 2. The molecule has 4 rings (SSSR count). The van der Waals surface area contributed by atoms with E-state index in [9.17, 15) is 13.2 Å². The van der Waals surface area contributed by atoms with Crippen molar-refractivity contribution in [3.8, 4) is 5.75 Å². The zero-order valence-electron chi connectivity index (χ0n) is 18.8. The summed E-state index contributed by atoms with van der Waals surface area (Å²) >= 11 is 0. The molecule has 2 atom stereocenters. The predicted octanol–water partition coefficient (Wildman–Crippen LogP) is 3.55. The number of hydrogen-bond donors (Lipinski definition) is 0. The molecule has 1 aliphatic heterocycles. The molecular formula is C23H27N3O5S. The molecular weight excluding hydrogens is 430 g/mol. The number of carbonyl (C=O) groups excluding carboxylic acids is 1. The molecule has 8 nitrogen and oxygen atoms in total. The van der Waals surface area contributed by atoms with Gasteiger partial charge in [-0.15, -0.1) is 0 Å². The molecule has 1 aliphatic rings. The van der Waals surface area contributed by atoms with E-state index in [1.54, 1.807) is 24.3 Å². The number of rotatable bonds is 6. The first kappa shape index (κ1) is 22.3. The number of aromatic nitrogens is 2. The molecule has 0 bridgehead atoms. The minimum Gasteiger partial charge on any atom is -0.489 e. The Labute approximate surface area is 187 Å². The van der Waals surface area contributed by atoms with E-state index in [-0.39, 0.29) is 23.5 Å². The Morgan fingerprint density at radius 3 is 2.66 bits per heavy atom. The second-order valence-electron chi connectivity index (χ2n) is 8.12. The summed E-state index contributed by atoms with van der Waals surface area (Å²) in [7, 11) is -0.597. The first-order valence-electron chi connectivity index (χ1n) is 10.5. The summed E-state index contributed by atoms with van der Waals surface area (Å²) in [6, 6.07) is 10.3. The SMILES string of the molecule is CCn1c(COC(=O)c2cccc3c2O[C@H](C)[C@H]3C)nc2cc(S(=O)(=O)N(C)C)ccc21. The third-order valence-electron chi connectivity index (χ3n) is 5.99. The zero-order chi connectivity index (χ0) is 23.2. The predicted molar refractivity (Wildman–Crippen MR) is 120 cm³/mol. The summed E-state index contributed by atoms with van der Waals surface area (Å²) in [6.45, 7) is 6.57. The molecule has 2 heterocycles. The van der Waals surface area contributed by atoms with Crippen LogP contribution in [-0.2, 0) is 27.9 Å². The van der Waals surface area contributed by atoms with E-state index >= 15 is 0 Å². The molecule has 0 spiro atoms. The molecule has 9 heteroatoms. The third-order valence-corrected chi connectivity index (χ3v) is 7.80. The average Bonchev–Trinajstić information content (AvgIpc) is 3.27. The molecule has 2 aromatic carbocycles. The Bertz CT molecular complexity index is 1300. The summed E-state index contributed by atoms with van der Waals surface area (Å²) in [6.07, 6.45) is -0.00382. The van der Waals surface area contributed by atoms with E-state index < -0.39 is 16.0 Å². The van der Waals surface area contributed by atoms with Crippen LogP contribution in [0.25, 0.3) is 11.0 Å². The molecule has 0 radical (unpaired) electrons. The maximum absolute atomic E-state index is 12.8. The van der Waals surface area contributed by atoms with E-state index in [2.05, 4.69) is 11.9 Å². The fourth-order valence-corrected chi connectivity index (χ4v) is 4.87. The van der Waals surface area contributed by atoms with Gasteiger partial charge in [-0.1, -0.05) is 19.1 Å². The lowest BCUT2D eigenvalue weighted by Crippen LogP contribution is -2.22. The Morgan fingerprint density at radius 2 is 1.97 bits per heavy atom. The number of fused-ring (bicyclic) bond motifs is 2. The molecule has 1 aromatic heterocycles. The summed E-state index contributed by atoms with van der Waals surface area (Å²) in [5, 5.41) is 0. The van der Waals surface area contributed by atoms with Gasteiger partial charge in [0, 0.05) is 32.1 Å². The van der Waals surface area contributed by atoms with Crippen molar-refractivity contribution in [2.75, 3.05) is 14.1 Å². The molecule has 32 heavy (non-hydrogen) atoms. The second kappa shape index (κ2) is 8.22. The van der Waals surface area contributed by atoms with Crippen LogP contribution < -0.4 is 4.74 Å². The van der Waals surface area contributed by atoms with Crippen molar-refractivity contribution < 1.29 is 22.7 Å². The van der Waals surface area contributed by atoms with Gasteiger partial charge in [0.15, 0.2) is 0 Å². The van der Waals surface area contributed by atoms with Crippen molar-refractivity contribution in [1.29, 1.82) is 0 Å². The lowest BCUT2D eigenvalue weighted by Gasteiger charge is -2.11. The molecule has 0 unspecified atom stereocenters. The van der Waals surface area contributed by atoms with E-state index in [1.165, 1.54) is 14.1 Å². The largest absolute Gasteiger partial charge is 0.489 e. The standard InChI is InChI=1S/C23H27N3O5S/c1-6-26-20-11-10-16(32(28,29)25(4)5)12-19(20)24-21(26)13-30-23(27)18-9-7-8-17-14(2)15(3)31-22(17)18/h7-12,14-15H,6,13H2,1-5H3/t14-,15-/m1/s1. The topological polar surface area (TPSA) is 90.7 Å².